The Morgan fingerprint density at radius 3 is 3.21 bits per heavy atom. The van der Waals surface area contributed by atoms with Crippen LogP contribution in [-0.2, 0) is 4.74 Å². The molecule has 4 nitrogen and oxygen atoms in total. The van der Waals surface area contributed by atoms with Gasteiger partial charge in [0, 0.05) is 25.9 Å². The van der Waals surface area contributed by atoms with E-state index in [0.717, 1.165) is 44.6 Å². The van der Waals surface area contributed by atoms with Gasteiger partial charge in [0.25, 0.3) is 0 Å². The summed E-state index contributed by atoms with van der Waals surface area (Å²) < 4.78 is 5.86. The lowest BCUT2D eigenvalue weighted by Gasteiger charge is -2.34. The second-order valence-electron chi connectivity index (χ2n) is 4.82. The van der Waals surface area contributed by atoms with Gasteiger partial charge in [-0.1, -0.05) is 19.1 Å². The number of hydrogen-bond donors (Lipinski definition) is 1. The van der Waals surface area contributed by atoms with Gasteiger partial charge >= 0.3 is 0 Å². The molecule has 104 valence electrons. The number of nitrogens with zero attached hydrogens (tertiary/aromatic N) is 2. The maximum Gasteiger partial charge on any atom is 0.124 e. The first kappa shape index (κ1) is 14.2. The third-order valence-electron chi connectivity index (χ3n) is 3.30. The molecular formula is C14H21N3OS. The average Bonchev–Trinajstić information content (AvgIpc) is 2.45. The van der Waals surface area contributed by atoms with E-state index in [0.29, 0.717) is 16.8 Å². The van der Waals surface area contributed by atoms with Crippen LogP contribution in [0.15, 0.2) is 18.3 Å². The van der Waals surface area contributed by atoms with Crippen LogP contribution < -0.4 is 10.6 Å². The van der Waals surface area contributed by atoms with E-state index in [4.69, 9.17) is 22.7 Å². The highest BCUT2D eigenvalue weighted by Crippen LogP contribution is 2.23. The number of ether oxygens (including phenoxy) is 1. The molecule has 1 saturated heterocycles. The minimum absolute atomic E-state index is 0.299. The normalized spacial score (nSPS) is 19.4. The second kappa shape index (κ2) is 6.82. The van der Waals surface area contributed by atoms with Crippen molar-refractivity contribution in [1.82, 2.24) is 4.98 Å². The third-order valence-corrected chi connectivity index (χ3v) is 3.49. The van der Waals surface area contributed by atoms with Crippen molar-refractivity contribution in [2.75, 3.05) is 24.6 Å². The van der Waals surface area contributed by atoms with Crippen molar-refractivity contribution in [1.29, 1.82) is 0 Å². The Kier molecular flexibility index (Phi) is 5.10. The fourth-order valence-corrected chi connectivity index (χ4v) is 2.58. The minimum atomic E-state index is 0.299. The van der Waals surface area contributed by atoms with E-state index in [9.17, 15) is 0 Å². The predicted molar refractivity (Wildman–Crippen MR) is 81.6 cm³/mol. The Balaban J connectivity index is 2.11. The van der Waals surface area contributed by atoms with Gasteiger partial charge < -0.3 is 15.4 Å². The first-order chi connectivity index (χ1) is 9.22. The van der Waals surface area contributed by atoms with Crippen LogP contribution in [0.5, 0.6) is 0 Å². The van der Waals surface area contributed by atoms with E-state index in [1.54, 1.807) is 6.20 Å². The molecule has 0 aromatic carbocycles. The van der Waals surface area contributed by atoms with Crippen molar-refractivity contribution < 1.29 is 4.74 Å². The van der Waals surface area contributed by atoms with Crippen molar-refractivity contribution in [2.45, 2.75) is 32.3 Å². The molecule has 1 aliphatic rings. The van der Waals surface area contributed by atoms with Crippen LogP contribution in [0.3, 0.4) is 0 Å². The Morgan fingerprint density at radius 1 is 1.63 bits per heavy atom. The summed E-state index contributed by atoms with van der Waals surface area (Å²) in [4.78, 5) is 6.93. The maximum atomic E-state index is 5.86. The highest BCUT2D eigenvalue weighted by molar-refractivity contribution is 7.80. The van der Waals surface area contributed by atoms with Gasteiger partial charge in [0.2, 0.25) is 0 Å². The molecule has 1 unspecified atom stereocenters. The summed E-state index contributed by atoms with van der Waals surface area (Å²) in [6.45, 7) is 4.86. The summed E-state index contributed by atoms with van der Waals surface area (Å²) in [6, 6.07) is 3.96. The molecule has 2 N–H and O–H groups in total. The van der Waals surface area contributed by atoms with E-state index in [1.165, 1.54) is 0 Å². The zero-order valence-corrected chi connectivity index (χ0v) is 12.2. The lowest BCUT2D eigenvalue weighted by molar-refractivity contribution is 0.0440. The Bertz CT molecular complexity index is 438. The standard InChI is InChI=1S/C14H21N3OS/c1-2-9-18-11-5-4-8-17(10-11)12-6-3-7-16-13(12)14(15)19/h3,6-7,11H,2,4-5,8-10H2,1H3,(H2,15,19). The molecule has 0 spiro atoms. The molecule has 0 radical (unpaired) electrons. The Morgan fingerprint density at radius 2 is 2.47 bits per heavy atom. The van der Waals surface area contributed by atoms with Crippen LogP contribution in [0.1, 0.15) is 31.9 Å². The lowest BCUT2D eigenvalue weighted by Crippen LogP contribution is -2.40. The Hall–Kier alpha value is -1.20. The summed E-state index contributed by atoms with van der Waals surface area (Å²) >= 11 is 5.08. The van der Waals surface area contributed by atoms with Gasteiger partial charge in [0.15, 0.2) is 0 Å². The summed E-state index contributed by atoms with van der Waals surface area (Å²) in [5.74, 6) is 0. The van der Waals surface area contributed by atoms with Crippen molar-refractivity contribution in [3.8, 4) is 0 Å². The smallest absolute Gasteiger partial charge is 0.124 e. The number of thiocarbonyl (C=S) groups is 1. The van der Waals surface area contributed by atoms with Gasteiger partial charge in [-0.25, -0.2) is 0 Å². The van der Waals surface area contributed by atoms with Crippen molar-refractivity contribution in [2.24, 2.45) is 5.73 Å². The van der Waals surface area contributed by atoms with Crippen LogP contribution in [-0.4, -0.2) is 35.8 Å². The van der Waals surface area contributed by atoms with E-state index in [-0.39, 0.29) is 0 Å². The van der Waals surface area contributed by atoms with Crippen LogP contribution in [0.2, 0.25) is 0 Å². The van der Waals surface area contributed by atoms with Gasteiger partial charge in [-0.3, -0.25) is 4.98 Å². The summed E-state index contributed by atoms with van der Waals surface area (Å²) in [6.07, 6.45) is 5.33. The molecule has 0 amide bonds. The average molecular weight is 279 g/mol. The monoisotopic (exact) mass is 279 g/mol. The second-order valence-corrected chi connectivity index (χ2v) is 5.26. The first-order valence-corrected chi connectivity index (χ1v) is 7.24. The predicted octanol–water partition coefficient (Wildman–Crippen LogP) is 2.11. The number of rotatable bonds is 5. The number of piperidine rings is 1. The molecule has 1 aromatic rings. The molecule has 0 saturated carbocycles. The quantitative estimate of drug-likeness (QED) is 0.837. The molecule has 0 aliphatic carbocycles. The van der Waals surface area contributed by atoms with Gasteiger partial charge in [0.1, 0.15) is 10.7 Å². The summed E-state index contributed by atoms with van der Waals surface area (Å²) in [5.41, 5.74) is 7.49. The Labute approximate surface area is 120 Å². The molecule has 1 aliphatic heterocycles. The van der Waals surface area contributed by atoms with E-state index < -0.39 is 0 Å². The number of anilines is 1. The fraction of sp³-hybridized carbons (Fsp3) is 0.571. The van der Waals surface area contributed by atoms with Gasteiger partial charge in [-0.15, -0.1) is 0 Å². The van der Waals surface area contributed by atoms with Gasteiger partial charge in [-0.2, -0.15) is 0 Å². The molecule has 1 atom stereocenters. The highest BCUT2D eigenvalue weighted by Gasteiger charge is 2.22. The third kappa shape index (κ3) is 3.64. The van der Waals surface area contributed by atoms with Crippen molar-refractivity contribution in [3.63, 3.8) is 0 Å². The van der Waals surface area contributed by atoms with Crippen LogP contribution >= 0.6 is 12.2 Å². The van der Waals surface area contributed by atoms with E-state index >= 15 is 0 Å². The molecule has 19 heavy (non-hydrogen) atoms. The molecule has 2 rings (SSSR count). The van der Waals surface area contributed by atoms with Crippen LogP contribution in [0.25, 0.3) is 0 Å². The zero-order valence-electron chi connectivity index (χ0n) is 11.3. The largest absolute Gasteiger partial charge is 0.388 e. The number of nitrogens with two attached hydrogens (primary N) is 1. The molecule has 2 heterocycles. The van der Waals surface area contributed by atoms with E-state index in [1.807, 2.05) is 12.1 Å². The SMILES string of the molecule is CCCOC1CCCN(c2cccnc2C(N)=S)C1. The van der Waals surface area contributed by atoms with E-state index in [2.05, 4.69) is 16.8 Å². The van der Waals surface area contributed by atoms with Crippen LogP contribution in [0.4, 0.5) is 5.69 Å². The minimum Gasteiger partial charge on any atom is -0.388 e. The molecule has 0 bridgehead atoms. The summed E-state index contributed by atoms with van der Waals surface area (Å²) in [5, 5.41) is 0. The molecular weight excluding hydrogens is 258 g/mol. The van der Waals surface area contributed by atoms with Crippen molar-refractivity contribution in [3.05, 3.63) is 24.0 Å². The molecule has 1 aromatic heterocycles. The number of aromatic nitrogens is 1. The molecule has 1 fully saturated rings. The van der Waals surface area contributed by atoms with Gasteiger partial charge in [0.05, 0.1) is 11.8 Å². The highest BCUT2D eigenvalue weighted by atomic mass is 32.1. The maximum absolute atomic E-state index is 5.86. The fourth-order valence-electron chi connectivity index (χ4n) is 2.42. The summed E-state index contributed by atoms with van der Waals surface area (Å²) in [7, 11) is 0. The number of pyridine rings is 1. The zero-order chi connectivity index (χ0) is 13.7. The molecule has 5 heteroatoms. The van der Waals surface area contributed by atoms with Crippen molar-refractivity contribution >= 4 is 22.9 Å². The lowest BCUT2D eigenvalue weighted by atomic mass is 10.1. The van der Waals surface area contributed by atoms with Gasteiger partial charge in [-0.05, 0) is 31.4 Å². The topological polar surface area (TPSA) is 51.4 Å². The van der Waals surface area contributed by atoms with Crippen LogP contribution in [0, 0.1) is 0 Å². The number of hydrogen-bond acceptors (Lipinski definition) is 4. The first-order valence-electron chi connectivity index (χ1n) is 6.83.